The molecule has 1 aromatic carbocycles. The maximum absolute atomic E-state index is 9.24. The van der Waals surface area contributed by atoms with E-state index in [-0.39, 0.29) is 21.4 Å². The second kappa shape index (κ2) is 3.84. The molecule has 0 spiro atoms. The predicted molar refractivity (Wildman–Crippen MR) is 43.5 cm³/mol. The van der Waals surface area contributed by atoms with Crippen LogP contribution in [0, 0.1) is 0 Å². The number of anilines is 1. The van der Waals surface area contributed by atoms with Gasteiger partial charge in [0.25, 0.3) is 0 Å². The van der Waals surface area contributed by atoms with Gasteiger partial charge in [-0.1, -0.05) is 0 Å². The molecule has 0 aliphatic rings. The predicted octanol–water partition coefficient (Wildman–Crippen LogP) is 1.36. The number of hydrogen-bond acceptors (Lipinski definition) is 2. The van der Waals surface area contributed by atoms with Gasteiger partial charge in [-0.25, -0.2) is 0 Å². The number of aromatic hydroxyl groups is 1. The molecule has 0 amide bonds. The number of phenols is 1. The van der Waals surface area contributed by atoms with Gasteiger partial charge in [0.2, 0.25) is 0 Å². The third-order valence-electron chi connectivity index (χ3n) is 1.20. The Labute approximate surface area is 76.1 Å². The Balaban J connectivity index is 3.12. The van der Waals surface area contributed by atoms with Crippen LogP contribution in [0.3, 0.4) is 0 Å². The van der Waals surface area contributed by atoms with Crippen LogP contribution in [0.25, 0.3) is 0 Å². The first-order chi connectivity index (χ1) is 5.24. The van der Waals surface area contributed by atoms with Gasteiger partial charge in [0, 0.05) is 0 Å². The molecule has 4 heteroatoms. The van der Waals surface area contributed by atoms with Crippen molar-refractivity contribution in [2.75, 3.05) is 5.73 Å². The number of benzene rings is 1. The molecule has 61 valence electrons. The Morgan fingerprint density at radius 3 is 2.91 bits per heavy atom. The van der Waals surface area contributed by atoms with Crippen molar-refractivity contribution in [2.45, 2.75) is 0 Å². The van der Waals surface area contributed by atoms with E-state index in [9.17, 15) is 5.11 Å². The number of nitrogens with two attached hydrogens (primary N) is 1. The van der Waals surface area contributed by atoms with Crippen LogP contribution in [0.2, 0.25) is 0 Å². The first-order valence-corrected chi connectivity index (χ1v) is 6.12. The molecule has 0 radical (unpaired) electrons. The van der Waals surface area contributed by atoms with Crippen molar-refractivity contribution in [3.05, 3.63) is 23.8 Å². The number of halogens is 1. The molecule has 0 bridgehead atoms. The normalized spacial score (nSPS) is 11.4. The van der Waals surface area contributed by atoms with E-state index in [0.717, 1.165) is 5.56 Å². The number of phenolic OH excluding ortho intramolecular Hbond substituents is 1. The van der Waals surface area contributed by atoms with Gasteiger partial charge < -0.3 is 0 Å². The van der Waals surface area contributed by atoms with Crippen molar-refractivity contribution < 1.29 is 20.8 Å². The van der Waals surface area contributed by atoms with Gasteiger partial charge in [-0.3, -0.25) is 0 Å². The van der Waals surface area contributed by atoms with Crippen LogP contribution in [-0.4, -0.2) is 9.72 Å². The molecule has 1 rings (SSSR count). The molecule has 0 saturated carbocycles. The zero-order chi connectivity index (χ0) is 8.27. The van der Waals surface area contributed by atoms with Crippen molar-refractivity contribution in [3.8, 4) is 5.75 Å². The summed E-state index contributed by atoms with van der Waals surface area (Å²) in [4.78, 5) is 0. The van der Waals surface area contributed by atoms with Crippen molar-refractivity contribution in [3.63, 3.8) is 0 Å². The van der Waals surface area contributed by atoms with Crippen LogP contribution in [0.15, 0.2) is 18.2 Å². The maximum atomic E-state index is 9.24. The monoisotopic (exact) mass is 258 g/mol. The minimum absolute atomic E-state index is 0.231. The first kappa shape index (κ1) is 8.70. The fourth-order valence-electron chi connectivity index (χ4n) is 0.696. The van der Waals surface area contributed by atoms with Gasteiger partial charge in [-0.05, 0) is 0 Å². The first-order valence-electron chi connectivity index (χ1n) is 2.88. The molecule has 0 heterocycles. The summed E-state index contributed by atoms with van der Waals surface area (Å²) >= 11 is -0.316. The van der Waals surface area contributed by atoms with Gasteiger partial charge in [0.15, 0.2) is 0 Å². The minimum atomic E-state index is -0.316. The SMILES string of the molecule is Nc1ccc(O)c([CH]=[Ru][Cl])c1. The molecule has 0 saturated heterocycles. The van der Waals surface area contributed by atoms with Crippen LogP contribution in [0.1, 0.15) is 5.56 Å². The third-order valence-corrected chi connectivity index (χ3v) is 2.39. The van der Waals surface area contributed by atoms with E-state index in [2.05, 4.69) is 0 Å². The quantitative estimate of drug-likeness (QED) is 0.453. The van der Waals surface area contributed by atoms with Crippen LogP contribution >= 0.6 is 9.69 Å². The van der Waals surface area contributed by atoms with Crippen molar-refractivity contribution >= 4 is 20.0 Å². The fraction of sp³-hybridized carbons (Fsp3) is 0. The van der Waals surface area contributed by atoms with Gasteiger partial charge in [0.05, 0.1) is 0 Å². The summed E-state index contributed by atoms with van der Waals surface area (Å²) in [6, 6.07) is 4.91. The van der Waals surface area contributed by atoms with E-state index in [4.69, 9.17) is 15.4 Å². The number of rotatable bonds is 1. The summed E-state index contributed by atoms with van der Waals surface area (Å²) in [6.45, 7) is 0. The van der Waals surface area contributed by atoms with E-state index in [1.165, 1.54) is 0 Å². The zero-order valence-corrected chi connectivity index (χ0v) is 8.06. The summed E-state index contributed by atoms with van der Waals surface area (Å²) in [5.41, 5.74) is 6.85. The van der Waals surface area contributed by atoms with Gasteiger partial charge in [-0.15, -0.1) is 0 Å². The van der Waals surface area contributed by atoms with E-state index in [1.54, 1.807) is 22.8 Å². The van der Waals surface area contributed by atoms with E-state index in [0.29, 0.717) is 5.69 Å². The molecule has 3 N–H and O–H groups in total. The molecular weight excluding hydrogens is 251 g/mol. The van der Waals surface area contributed by atoms with Crippen LogP contribution in [0.4, 0.5) is 5.69 Å². The molecule has 1 aromatic rings. The van der Waals surface area contributed by atoms with Gasteiger partial charge in [0.1, 0.15) is 0 Å². The molecule has 0 atom stereocenters. The Morgan fingerprint density at radius 2 is 2.27 bits per heavy atom. The molecule has 11 heavy (non-hydrogen) atoms. The Morgan fingerprint density at radius 1 is 1.55 bits per heavy atom. The Bertz CT molecular complexity index is 288. The Kier molecular flexibility index (Phi) is 3.04. The molecule has 0 unspecified atom stereocenters. The molecule has 0 aliphatic carbocycles. The van der Waals surface area contributed by atoms with Crippen LogP contribution in [0.5, 0.6) is 5.75 Å². The third kappa shape index (κ3) is 2.28. The molecule has 0 aromatic heterocycles. The fourth-order valence-corrected chi connectivity index (χ4v) is 1.79. The number of hydrogen-bond donors (Lipinski definition) is 2. The summed E-state index contributed by atoms with van der Waals surface area (Å²) in [7, 11) is 5.54. The molecular formula is C7H7ClNORu. The standard InChI is InChI=1S/C7H7NO.ClH.Ru/c1-5-4-6(8)2-3-7(5)9;;/h1-4,9H,8H2;1H;/q;;+1/p-1. The second-order valence-electron chi connectivity index (χ2n) is 2.00. The van der Waals surface area contributed by atoms with Crippen LogP contribution < -0.4 is 5.73 Å². The summed E-state index contributed by atoms with van der Waals surface area (Å²) in [5, 5.41) is 9.24. The number of nitrogen functional groups attached to an aromatic ring is 1. The molecule has 0 aliphatic heterocycles. The van der Waals surface area contributed by atoms with E-state index < -0.39 is 0 Å². The topological polar surface area (TPSA) is 46.2 Å². The van der Waals surface area contributed by atoms with Crippen molar-refractivity contribution in [2.24, 2.45) is 0 Å². The second-order valence-corrected chi connectivity index (χ2v) is 3.79. The van der Waals surface area contributed by atoms with E-state index in [1.807, 2.05) is 0 Å². The van der Waals surface area contributed by atoms with Crippen LogP contribution in [-0.2, 0) is 15.7 Å². The molecule has 0 fully saturated rings. The summed E-state index contributed by atoms with van der Waals surface area (Å²) < 4.78 is 1.79. The summed E-state index contributed by atoms with van der Waals surface area (Å²) in [6.07, 6.45) is 0. The average Bonchev–Trinajstić information content (AvgIpc) is 1.98. The average molecular weight is 258 g/mol. The Hall–Kier alpha value is -0.397. The molecule has 2 nitrogen and oxygen atoms in total. The van der Waals surface area contributed by atoms with Gasteiger partial charge >= 0.3 is 76.0 Å². The van der Waals surface area contributed by atoms with E-state index >= 15 is 0 Å². The van der Waals surface area contributed by atoms with Crippen molar-refractivity contribution in [1.29, 1.82) is 0 Å². The zero-order valence-electron chi connectivity index (χ0n) is 5.57. The van der Waals surface area contributed by atoms with Gasteiger partial charge in [-0.2, -0.15) is 0 Å². The van der Waals surface area contributed by atoms with Crippen molar-refractivity contribution in [1.82, 2.24) is 0 Å². The summed E-state index contributed by atoms with van der Waals surface area (Å²) in [5.74, 6) is 0.231.